The Kier molecular flexibility index (Phi) is 5.88. The van der Waals surface area contributed by atoms with E-state index in [4.69, 9.17) is 0 Å². The molecule has 3 radical (unpaired) electrons. The van der Waals surface area contributed by atoms with Gasteiger partial charge in [0.25, 0.3) is 0 Å². The highest BCUT2D eigenvalue weighted by atomic mass is 27.0. The van der Waals surface area contributed by atoms with Gasteiger partial charge in [-0.3, -0.25) is 0 Å². The number of para-hydroxylation sites is 1. The van der Waals surface area contributed by atoms with E-state index in [0.717, 1.165) is 18.4 Å². The Bertz CT molecular complexity index is 223. The van der Waals surface area contributed by atoms with E-state index in [-0.39, 0.29) is 17.4 Å². The Morgan fingerprint density at radius 1 is 1.25 bits per heavy atom. The summed E-state index contributed by atoms with van der Waals surface area (Å²) in [7, 11) is 0. The van der Waals surface area contributed by atoms with Crippen molar-refractivity contribution in [3.63, 3.8) is 0 Å². The standard InChI is InChI=1S/C10H14O.Al/c1-2-3-6-9-7-4-5-8-10(9)11;/h4-5,7-8,11H,2-3,6H2,1H3;. The van der Waals surface area contributed by atoms with Gasteiger partial charge in [-0.2, -0.15) is 0 Å². The molecule has 0 aliphatic rings. The van der Waals surface area contributed by atoms with Crippen molar-refractivity contribution in [3.8, 4) is 5.75 Å². The molecule has 63 valence electrons. The molecule has 0 saturated heterocycles. The summed E-state index contributed by atoms with van der Waals surface area (Å²) in [5.74, 6) is 0.431. The molecule has 0 atom stereocenters. The number of phenols is 1. The van der Waals surface area contributed by atoms with Gasteiger partial charge in [-0.25, -0.2) is 0 Å². The Labute approximate surface area is 84.6 Å². The van der Waals surface area contributed by atoms with E-state index in [1.54, 1.807) is 6.07 Å². The lowest BCUT2D eigenvalue weighted by Crippen LogP contribution is -1.83. The third-order valence-electron chi connectivity index (χ3n) is 1.79. The quantitative estimate of drug-likeness (QED) is 0.702. The first-order valence-corrected chi connectivity index (χ1v) is 4.11. The summed E-state index contributed by atoms with van der Waals surface area (Å²) >= 11 is 0. The number of rotatable bonds is 3. The van der Waals surface area contributed by atoms with Gasteiger partial charge in [-0.1, -0.05) is 31.5 Å². The second kappa shape index (κ2) is 6.11. The number of aryl methyl sites for hydroxylation is 1. The summed E-state index contributed by atoms with van der Waals surface area (Å²) in [6.45, 7) is 2.15. The minimum Gasteiger partial charge on any atom is -0.508 e. The number of phenolic OH excluding ortho intramolecular Hbond substituents is 1. The van der Waals surface area contributed by atoms with E-state index in [0.29, 0.717) is 5.75 Å². The van der Waals surface area contributed by atoms with Gasteiger partial charge in [0.15, 0.2) is 0 Å². The first kappa shape index (κ1) is 11.6. The number of hydrogen-bond donors (Lipinski definition) is 1. The molecule has 0 spiro atoms. The van der Waals surface area contributed by atoms with Crippen molar-refractivity contribution in [1.29, 1.82) is 0 Å². The number of benzene rings is 1. The van der Waals surface area contributed by atoms with Crippen molar-refractivity contribution < 1.29 is 5.11 Å². The first-order valence-electron chi connectivity index (χ1n) is 4.11. The van der Waals surface area contributed by atoms with Crippen LogP contribution in [0, 0.1) is 0 Å². The summed E-state index contributed by atoms with van der Waals surface area (Å²) in [5.41, 5.74) is 1.06. The van der Waals surface area contributed by atoms with Gasteiger partial charge < -0.3 is 5.11 Å². The third kappa shape index (κ3) is 3.30. The van der Waals surface area contributed by atoms with E-state index in [1.165, 1.54) is 6.42 Å². The lowest BCUT2D eigenvalue weighted by molar-refractivity contribution is 0.467. The zero-order chi connectivity index (χ0) is 8.10. The zero-order valence-electron chi connectivity index (χ0n) is 7.46. The van der Waals surface area contributed by atoms with E-state index in [1.807, 2.05) is 18.2 Å². The molecule has 1 aromatic rings. The third-order valence-corrected chi connectivity index (χ3v) is 1.79. The molecule has 1 rings (SSSR count). The average molecular weight is 177 g/mol. The van der Waals surface area contributed by atoms with Crippen molar-refractivity contribution in [2.75, 3.05) is 0 Å². The van der Waals surface area contributed by atoms with E-state index >= 15 is 0 Å². The number of hydrogen-bond acceptors (Lipinski definition) is 1. The van der Waals surface area contributed by atoms with Gasteiger partial charge in [0, 0.05) is 17.4 Å². The van der Waals surface area contributed by atoms with Crippen LogP contribution in [-0.4, -0.2) is 22.5 Å². The van der Waals surface area contributed by atoms with Gasteiger partial charge in [0.05, 0.1) is 0 Å². The molecule has 0 aromatic heterocycles. The predicted octanol–water partition coefficient (Wildman–Crippen LogP) is 2.35. The molecule has 12 heavy (non-hydrogen) atoms. The molecule has 0 aliphatic carbocycles. The van der Waals surface area contributed by atoms with Gasteiger partial charge in [-0.05, 0) is 24.5 Å². The summed E-state index contributed by atoms with van der Waals surface area (Å²) in [5, 5.41) is 9.34. The highest BCUT2D eigenvalue weighted by Gasteiger charge is 1.96. The van der Waals surface area contributed by atoms with Gasteiger partial charge in [0.1, 0.15) is 5.75 Å². The molecular formula is C10H14AlO. The van der Waals surface area contributed by atoms with Crippen LogP contribution in [0.5, 0.6) is 5.75 Å². The SMILES string of the molecule is CCCCc1ccccc1O.[Al]. The summed E-state index contributed by atoms with van der Waals surface area (Å²) in [4.78, 5) is 0. The summed E-state index contributed by atoms with van der Waals surface area (Å²) in [6, 6.07) is 7.53. The number of aromatic hydroxyl groups is 1. The van der Waals surface area contributed by atoms with E-state index in [2.05, 4.69) is 6.92 Å². The Morgan fingerprint density at radius 2 is 1.92 bits per heavy atom. The minimum absolute atomic E-state index is 0. The highest BCUT2D eigenvalue weighted by molar-refractivity contribution is 5.75. The Balaban J connectivity index is 0.00000121. The molecule has 1 aromatic carbocycles. The van der Waals surface area contributed by atoms with Gasteiger partial charge in [0.2, 0.25) is 0 Å². The maximum absolute atomic E-state index is 9.34. The van der Waals surface area contributed by atoms with Crippen molar-refractivity contribution in [2.45, 2.75) is 26.2 Å². The van der Waals surface area contributed by atoms with Crippen LogP contribution in [0.2, 0.25) is 0 Å². The Morgan fingerprint density at radius 3 is 2.50 bits per heavy atom. The van der Waals surface area contributed by atoms with Crippen LogP contribution in [-0.2, 0) is 6.42 Å². The molecule has 0 unspecified atom stereocenters. The largest absolute Gasteiger partial charge is 0.508 e. The predicted molar refractivity (Wildman–Crippen MR) is 52.5 cm³/mol. The van der Waals surface area contributed by atoms with Crippen LogP contribution in [0.3, 0.4) is 0 Å². The molecule has 0 bridgehead atoms. The molecular weight excluding hydrogens is 163 g/mol. The minimum atomic E-state index is 0. The van der Waals surface area contributed by atoms with Crippen LogP contribution in [0.15, 0.2) is 24.3 Å². The van der Waals surface area contributed by atoms with Crippen LogP contribution in [0.4, 0.5) is 0 Å². The maximum atomic E-state index is 9.34. The summed E-state index contributed by atoms with van der Waals surface area (Å²) in [6.07, 6.45) is 3.31. The molecule has 0 aliphatic heterocycles. The molecule has 0 amide bonds. The Hall–Kier alpha value is -0.448. The average Bonchev–Trinajstić information content (AvgIpc) is 2.03. The maximum Gasteiger partial charge on any atom is 0.118 e. The fraction of sp³-hybridized carbons (Fsp3) is 0.400. The van der Waals surface area contributed by atoms with Crippen LogP contribution in [0.1, 0.15) is 25.3 Å². The molecule has 1 nitrogen and oxygen atoms in total. The van der Waals surface area contributed by atoms with Crippen LogP contribution in [0.25, 0.3) is 0 Å². The van der Waals surface area contributed by atoms with Crippen LogP contribution < -0.4 is 0 Å². The monoisotopic (exact) mass is 177 g/mol. The fourth-order valence-electron chi connectivity index (χ4n) is 1.09. The smallest absolute Gasteiger partial charge is 0.118 e. The van der Waals surface area contributed by atoms with E-state index in [9.17, 15) is 5.11 Å². The first-order chi connectivity index (χ1) is 5.34. The molecule has 2 heteroatoms. The van der Waals surface area contributed by atoms with E-state index < -0.39 is 0 Å². The van der Waals surface area contributed by atoms with Crippen molar-refractivity contribution in [3.05, 3.63) is 29.8 Å². The lowest BCUT2D eigenvalue weighted by Gasteiger charge is -2.01. The fourth-order valence-corrected chi connectivity index (χ4v) is 1.09. The molecule has 1 N–H and O–H groups in total. The molecule has 0 saturated carbocycles. The zero-order valence-corrected chi connectivity index (χ0v) is 8.61. The van der Waals surface area contributed by atoms with Crippen molar-refractivity contribution in [1.82, 2.24) is 0 Å². The van der Waals surface area contributed by atoms with Crippen LogP contribution >= 0.6 is 0 Å². The van der Waals surface area contributed by atoms with Crippen molar-refractivity contribution >= 4 is 17.4 Å². The summed E-state index contributed by atoms with van der Waals surface area (Å²) < 4.78 is 0. The molecule has 0 heterocycles. The topological polar surface area (TPSA) is 20.2 Å². The normalized spacial score (nSPS) is 9.08. The molecule has 0 fully saturated rings. The highest BCUT2D eigenvalue weighted by Crippen LogP contribution is 2.17. The van der Waals surface area contributed by atoms with Gasteiger partial charge >= 0.3 is 0 Å². The second-order valence-electron chi connectivity index (χ2n) is 2.73. The van der Waals surface area contributed by atoms with Crippen molar-refractivity contribution in [2.24, 2.45) is 0 Å². The lowest BCUT2D eigenvalue weighted by atomic mass is 10.1. The number of unbranched alkanes of at least 4 members (excludes halogenated alkanes) is 1. The van der Waals surface area contributed by atoms with Gasteiger partial charge in [-0.15, -0.1) is 0 Å². The second-order valence-corrected chi connectivity index (χ2v) is 2.73.